The van der Waals surface area contributed by atoms with Gasteiger partial charge in [-0.25, -0.2) is 0 Å². The molecule has 2 amide bonds. The van der Waals surface area contributed by atoms with Crippen LogP contribution in [0.4, 0.5) is 0 Å². The molecule has 1 rings (SSSR count). The van der Waals surface area contributed by atoms with Crippen molar-refractivity contribution in [3.8, 4) is 0 Å². The Morgan fingerprint density at radius 1 is 1.47 bits per heavy atom. The van der Waals surface area contributed by atoms with Gasteiger partial charge in [0.25, 0.3) is 5.91 Å². The summed E-state index contributed by atoms with van der Waals surface area (Å²) in [6.07, 6.45) is 0. The van der Waals surface area contributed by atoms with Crippen LogP contribution in [0, 0.1) is 13.8 Å². The molecule has 0 fully saturated rings. The molecule has 1 heterocycles. The highest BCUT2D eigenvalue weighted by Crippen LogP contribution is 2.10. The van der Waals surface area contributed by atoms with E-state index >= 15 is 0 Å². The topological polar surface area (TPSA) is 90.0 Å². The molecule has 15 heavy (non-hydrogen) atoms. The van der Waals surface area contributed by atoms with Crippen molar-refractivity contribution in [3.63, 3.8) is 0 Å². The Morgan fingerprint density at radius 2 is 2.07 bits per heavy atom. The minimum atomic E-state index is -0.567. The van der Waals surface area contributed by atoms with Crippen molar-refractivity contribution in [1.29, 1.82) is 0 Å². The van der Waals surface area contributed by atoms with Crippen LogP contribution in [0.2, 0.25) is 0 Å². The Balaban J connectivity index is 2.86. The highest BCUT2D eigenvalue weighted by molar-refractivity contribution is 5.98. The van der Waals surface area contributed by atoms with Crippen LogP contribution in [0.5, 0.6) is 0 Å². The summed E-state index contributed by atoms with van der Waals surface area (Å²) in [4.78, 5) is 22.1. The Bertz CT molecular complexity index is 408. The van der Waals surface area contributed by atoms with E-state index in [2.05, 4.69) is 10.4 Å². The highest BCUT2D eigenvalue weighted by atomic mass is 16.2. The Morgan fingerprint density at radius 3 is 2.47 bits per heavy atom. The van der Waals surface area contributed by atoms with Gasteiger partial charge >= 0.3 is 0 Å². The van der Waals surface area contributed by atoms with E-state index in [0.717, 1.165) is 5.69 Å². The van der Waals surface area contributed by atoms with Crippen LogP contribution in [0.1, 0.15) is 21.7 Å². The minimum Gasteiger partial charge on any atom is -0.368 e. The van der Waals surface area contributed by atoms with Gasteiger partial charge in [0, 0.05) is 12.7 Å². The van der Waals surface area contributed by atoms with Gasteiger partial charge in [-0.1, -0.05) is 0 Å². The van der Waals surface area contributed by atoms with Crippen LogP contribution in [0.25, 0.3) is 0 Å². The first kappa shape index (κ1) is 11.2. The number of aryl methyl sites for hydroxylation is 2. The largest absolute Gasteiger partial charge is 0.368 e. The van der Waals surface area contributed by atoms with Gasteiger partial charge in [-0.15, -0.1) is 0 Å². The molecule has 1 aromatic rings. The lowest BCUT2D eigenvalue weighted by atomic mass is 10.2. The van der Waals surface area contributed by atoms with Crippen molar-refractivity contribution >= 4 is 11.8 Å². The van der Waals surface area contributed by atoms with Gasteiger partial charge in [0.1, 0.15) is 0 Å². The number of hydrogen-bond acceptors (Lipinski definition) is 3. The second-order valence-electron chi connectivity index (χ2n) is 3.32. The average Bonchev–Trinajstić information content (AvgIpc) is 2.37. The monoisotopic (exact) mass is 210 g/mol. The molecule has 0 aliphatic carbocycles. The van der Waals surface area contributed by atoms with Crippen molar-refractivity contribution < 1.29 is 9.59 Å². The summed E-state index contributed by atoms with van der Waals surface area (Å²) in [5.74, 6) is -0.889. The molecule has 0 aliphatic heterocycles. The predicted octanol–water partition coefficient (Wildman–Crippen LogP) is -0.748. The third-order valence-electron chi connectivity index (χ3n) is 2.16. The first-order valence-corrected chi connectivity index (χ1v) is 4.50. The van der Waals surface area contributed by atoms with Gasteiger partial charge in [0.2, 0.25) is 5.91 Å². The van der Waals surface area contributed by atoms with Crippen molar-refractivity contribution in [2.45, 2.75) is 13.8 Å². The lowest BCUT2D eigenvalue weighted by molar-refractivity contribution is -0.117. The molecule has 0 bridgehead atoms. The fourth-order valence-corrected chi connectivity index (χ4v) is 1.36. The van der Waals surface area contributed by atoms with E-state index < -0.39 is 5.91 Å². The van der Waals surface area contributed by atoms with E-state index in [1.807, 2.05) is 0 Å². The van der Waals surface area contributed by atoms with Crippen LogP contribution in [0.15, 0.2) is 0 Å². The third kappa shape index (κ3) is 2.34. The van der Waals surface area contributed by atoms with Crippen molar-refractivity contribution in [2.24, 2.45) is 12.8 Å². The Labute approximate surface area is 87.4 Å². The number of amides is 2. The van der Waals surface area contributed by atoms with Gasteiger partial charge in [-0.2, -0.15) is 5.10 Å². The number of aromatic nitrogens is 2. The molecule has 0 aliphatic rings. The molecule has 0 saturated heterocycles. The fourth-order valence-electron chi connectivity index (χ4n) is 1.36. The molecule has 0 saturated carbocycles. The number of nitrogens with one attached hydrogen (secondary N) is 1. The third-order valence-corrected chi connectivity index (χ3v) is 2.16. The molecule has 6 heteroatoms. The van der Waals surface area contributed by atoms with Crippen molar-refractivity contribution in [1.82, 2.24) is 15.1 Å². The molecule has 0 radical (unpaired) electrons. The van der Waals surface area contributed by atoms with Crippen LogP contribution in [0.3, 0.4) is 0 Å². The Hall–Kier alpha value is -1.85. The molecular weight excluding hydrogens is 196 g/mol. The van der Waals surface area contributed by atoms with E-state index in [1.54, 1.807) is 25.6 Å². The SMILES string of the molecule is Cc1nn(C)c(C)c1C(=O)NCC(N)=O. The summed E-state index contributed by atoms with van der Waals surface area (Å²) in [7, 11) is 1.76. The van der Waals surface area contributed by atoms with E-state index in [-0.39, 0.29) is 12.5 Å². The molecule has 82 valence electrons. The second kappa shape index (κ2) is 4.12. The summed E-state index contributed by atoms with van der Waals surface area (Å²) in [6, 6.07) is 0. The van der Waals surface area contributed by atoms with Gasteiger partial charge in [-0.3, -0.25) is 14.3 Å². The maximum atomic E-state index is 11.6. The number of nitrogens with zero attached hydrogens (tertiary/aromatic N) is 2. The number of nitrogens with two attached hydrogens (primary N) is 1. The molecule has 0 aromatic carbocycles. The van der Waals surface area contributed by atoms with Gasteiger partial charge in [-0.05, 0) is 13.8 Å². The summed E-state index contributed by atoms with van der Waals surface area (Å²) in [5, 5.41) is 6.53. The quantitative estimate of drug-likeness (QED) is 0.688. The standard InChI is InChI=1S/C9H14N4O2/c1-5-8(6(2)13(3)12-5)9(15)11-4-7(10)14/h4H2,1-3H3,(H2,10,14)(H,11,15). The summed E-state index contributed by atoms with van der Waals surface area (Å²) in [6.45, 7) is 3.37. The molecule has 0 spiro atoms. The van der Waals surface area contributed by atoms with Gasteiger partial charge in [0.15, 0.2) is 0 Å². The first-order chi connectivity index (χ1) is 6.93. The molecule has 3 N–H and O–H groups in total. The summed E-state index contributed by atoms with van der Waals surface area (Å²) >= 11 is 0. The minimum absolute atomic E-state index is 0.160. The smallest absolute Gasteiger partial charge is 0.255 e. The van der Waals surface area contributed by atoms with Crippen LogP contribution in [-0.2, 0) is 11.8 Å². The molecular formula is C9H14N4O2. The Kier molecular flexibility index (Phi) is 3.08. The molecule has 6 nitrogen and oxygen atoms in total. The molecule has 1 aromatic heterocycles. The van der Waals surface area contributed by atoms with Crippen LogP contribution >= 0.6 is 0 Å². The molecule has 0 unspecified atom stereocenters. The first-order valence-electron chi connectivity index (χ1n) is 4.50. The molecule has 0 atom stereocenters. The van der Waals surface area contributed by atoms with E-state index in [1.165, 1.54) is 0 Å². The second-order valence-corrected chi connectivity index (χ2v) is 3.32. The normalized spacial score (nSPS) is 10.1. The number of rotatable bonds is 3. The number of primary amides is 1. The zero-order chi connectivity index (χ0) is 11.6. The van der Waals surface area contributed by atoms with Crippen molar-refractivity contribution in [2.75, 3.05) is 6.54 Å². The zero-order valence-corrected chi connectivity index (χ0v) is 9.00. The number of carbonyl (C=O) groups is 2. The fraction of sp³-hybridized carbons (Fsp3) is 0.444. The van der Waals surface area contributed by atoms with E-state index in [9.17, 15) is 9.59 Å². The van der Waals surface area contributed by atoms with Crippen LogP contribution < -0.4 is 11.1 Å². The predicted molar refractivity (Wildman–Crippen MR) is 54.2 cm³/mol. The average molecular weight is 210 g/mol. The maximum absolute atomic E-state index is 11.6. The number of hydrogen-bond donors (Lipinski definition) is 2. The van der Waals surface area contributed by atoms with E-state index in [4.69, 9.17) is 5.73 Å². The lowest BCUT2D eigenvalue weighted by Crippen LogP contribution is -2.33. The summed E-state index contributed by atoms with van der Waals surface area (Å²) in [5.41, 5.74) is 6.82. The highest BCUT2D eigenvalue weighted by Gasteiger charge is 2.16. The van der Waals surface area contributed by atoms with E-state index in [0.29, 0.717) is 11.3 Å². The maximum Gasteiger partial charge on any atom is 0.255 e. The summed E-state index contributed by atoms with van der Waals surface area (Å²) < 4.78 is 1.62. The van der Waals surface area contributed by atoms with Crippen molar-refractivity contribution in [3.05, 3.63) is 17.0 Å². The van der Waals surface area contributed by atoms with Crippen LogP contribution in [-0.4, -0.2) is 28.1 Å². The zero-order valence-electron chi connectivity index (χ0n) is 9.00. The lowest BCUT2D eigenvalue weighted by Gasteiger charge is -2.02. The van der Waals surface area contributed by atoms with Gasteiger partial charge < -0.3 is 11.1 Å². The number of carbonyl (C=O) groups excluding carboxylic acids is 2. The van der Waals surface area contributed by atoms with Gasteiger partial charge in [0.05, 0.1) is 17.8 Å².